The van der Waals surface area contributed by atoms with E-state index >= 15 is 0 Å². The van der Waals surface area contributed by atoms with E-state index in [-0.39, 0.29) is 11.8 Å². The zero-order valence-electron chi connectivity index (χ0n) is 13.7. The van der Waals surface area contributed by atoms with Gasteiger partial charge in [0.15, 0.2) is 5.01 Å². The maximum absolute atomic E-state index is 12.1. The summed E-state index contributed by atoms with van der Waals surface area (Å²) in [4.78, 5) is 31.0. The first-order valence-corrected chi connectivity index (χ1v) is 9.06. The molecule has 0 aliphatic carbocycles. The fraction of sp³-hybridized carbons (Fsp3) is 0.389. The van der Waals surface area contributed by atoms with Crippen molar-refractivity contribution in [2.45, 2.75) is 39.3 Å². The summed E-state index contributed by atoms with van der Waals surface area (Å²) >= 11 is 1.43. The van der Waals surface area contributed by atoms with Crippen LogP contribution in [-0.4, -0.2) is 28.2 Å². The summed E-state index contributed by atoms with van der Waals surface area (Å²) in [7, 11) is 0. The van der Waals surface area contributed by atoms with E-state index in [0.717, 1.165) is 35.4 Å². The number of benzene rings is 1. The Bertz CT molecular complexity index is 741. The third kappa shape index (κ3) is 4.00. The zero-order valence-corrected chi connectivity index (χ0v) is 14.6. The van der Waals surface area contributed by atoms with Gasteiger partial charge in [-0.3, -0.25) is 9.59 Å². The minimum Gasteiger partial charge on any atom is -0.346 e. The van der Waals surface area contributed by atoms with E-state index in [1.807, 2.05) is 36.1 Å². The average molecular weight is 343 g/mol. The van der Waals surface area contributed by atoms with Crippen LogP contribution in [0.5, 0.6) is 0 Å². The lowest BCUT2D eigenvalue weighted by molar-refractivity contribution is -0.128. The molecule has 1 aromatic carbocycles. The predicted molar refractivity (Wildman–Crippen MR) is 93.8 cm³/mol. The fourth-order valence-electron chi connectivity index (χ4n) is 2.76. The van der Waals surface area contributed by atoms with Crippen molar-refractivity contribution in [1.82, 2.24) is 15.2 Å². The van der Waals surface area contributed by atoms with Crippen LogP contribution in [0.2, 0.25) is 0 Å². The number of aryl methyl sites for hydroxylation is 1. The molecule has 3 rings (SSSR count). The second-order valence-corrected chi connectivity index (χ2v) is 7.02. The number of nitrogens with zero attached hydrogens (tertiary/aromatic N) is 2. The fourth-order valence-corrected chi connectivity index (χ4v) is 3.53. The molecule has 126 valence electrons. The Balaban J connectivity index is 1.58. The van der Waals surface area contributed by atoms with Crippen LogP contribution in [0.15, 0.2) is 30.5 Å². The largest absolute Gasteiger partial charge is 0.346 e. The Morgan fingerprint density at radius 1 is 1.38 bits per heavy atom. The van der Waals surface area contributed by atoms with E-state index in [1.54, 1.807) is 6.20 Å². The van der Waals surface area contributed by atoms with Crippen molar-refractivity contribution in [3.8, 4) is 0 Å². The van der Waals surface area contributed by atoms with Gasteiger partial charge in [-0.1, -0.05) is 31.2 Å². The van der Waals surface area contributed by atoms with Crippen molar-refractivity contribution >= 4 is 23.2 Å². The van der Waals surface area contributed by atoms with Crippen molar-refractivity contribution in [1.29, 1.82) is 0 Å². The number of nitrogens with one attached hydrogen (secondary N) is 1. The van der Waals surface area contributed by atoms with Gasteiger partial charge in [0.05, 0.1) is 0 Å². The van der Waals surface area contributed by atoms with Gasteiger partial charge in [-0.05, 0) is 24.0 Å². The van der Waals surface area contributed by atoms with Crippen molar-refractivity contribution in [2.24, 2.45) is 0 Å². The number of rotatable bonds is 6. The number of amides is 2. The van der Waals surface area contributed by atoms with E-state index in [9.17, 15) is 9.59 Å². The van der Waals surface area contributed by atoms with Crippen molar-refractivity contribution in [2.75, 3.05) is 6.54 Å². The summed E-state index contributed by atoms with van der Waals surface area (Å²) < 4.78 is 0. The molecule has 0 bridgehead atoms. The maximum atomic E-state index is 12.1. The van der Waals surface area contributed by atoms with Crippen LogP contribution in [0.1, 0.15) is 45.6 Å². The molecule has 1 aliphatic rings. The molecule has 2 heterocycles. The molecule has 1 saturated heterocycles. The lowest BCUT2D eigenvalue weighted by atomic mass is 10.1. The standard InChI is InChI=1S/C18H21N3O2S/c1-2-15-11-20-18(24-15)17(23)19-10-13-5-3-6-14(9-13)12-21-8-4-7-16(21)22/h3,5-6,9,11H,2,4,7-8,10,12H2,1H3,(H,19,23). The summed E-state index contributed by atoms with van der Waals surface area (Å²) in [5.41, 5.74) is 2.12. The van der Waals surface area contributed by atoms with Crippen LogP contribution >= 0.6 is 11.3 Å². The molecular weight excluding hydrogens is 322 g/mol. The first-order chi connectivity index (χ1) is 11.7. The number of aromatic nitrogens is 1. The highest BCUT2D eigenvalue weighted by Gasteiger charge is 2.20. The second-order valence-electron chi connectivity index (χ2n) is 5.91. The lowest BCUT2D eigenvalue weighted by Crippen LogP contribution is -2.24. The number of hydrogen-bond acceptors (Lipinski definition) is 4. The molecule has 0 radical (unpaired) electrons. The quantitative estimate of drug-likeness (QED) is 0.877. The van der Waals surface area contributed by atoms with Crippen LogP contribution in [0.4, 0.5) is 0 Å². The highest BCUT2D eigenvalue weighted by Crippen LogP contribution is 2.16. The molecule has 6 heteroatoms. The van der Waals surface area contributed by atoms with Gasteiger partial charge in [-0.25, -0.2) is 4.98 Å². The molecule has 2 aromatic rings. The molecule has 1 aliphatic heterocycles. The van der Waals surface area contributed by atoms with Crippen LogP contribution < -0.4 is 5.32 Å². The average Bonchev–Trinajstić information content (AvgIpc) is 3.23. The zero-order chi connectivity index (χ0) is 16.9. The molecule has 1 N–H and O–H groups in total. The normalized spacial score (nSPS) is 14.2. The molecule has 2 amide bonds. The minimum atomic E-state index is -0.139. The van der Waals surface area contributed by atoms with Gasteiger partial charge < -0.3 is 10.2 Å². The summed E-state index contributed by atoms with van der Waals surface area (Å²) in [5.74, 6) is 0.0871. The third-order valence-corrected chi connectivity index (χ3v) is 5.23. The van der Waals surface area contributed by atoms with E-state index in [2.05, 4.69) is 10.3 Å². The van der Waals surface area contributed by atoms with E-state index in [1.165, 1.54) is 11.3 Å². The first kappa shape index (κ1) is 16.6. The Kier molecular flexibility index (Phi) is 5.25. The van der Waals surface area contributed by atoms with Crippen molar-refractivity contribution in [3.05, 3.63) is 51.5 Å². The van der Waals surface area contributed by atoms with Gasteiger partial charge in [0, 0.05) is 37.1 Å². The molecule has 24 heavy (non-hydrogen) atoms. The predicted octanol–water partition coefficient (Wildman–Crippen LogP) is 2.76. The lowest BCUT2D eigenvalue weighted by Gasteiger charge is -2.16. The van der Waals surface area contributed by atoms with Gasteiger partial charge in [-0.15, -0.1) is 11.3 Å². The molecule has 5 nitrogen and oxygen atoms in total. The molecule has 1 fully saturated rings. The molecular formula is C18H21N3O2S. The Morgan fingerprint density at radius 2 is 2.21 bits per heavy atom. The van der Waals surface area contributed by atoms with Gasteiger partial charge in [0.25, 0.3) is 5.91 Å². The molecule has 0 spiro atoms. The smallest absolute Gasteiger partial charge is 0.280 e. The summed E-state index contributed by atoms with van der Waals surface area (Å²) in [6.45, 7) is 3.99. The topological polar surface area (TPSA) is 62.3 Å². The van der Waals surface area contributed by atoms with Crippen LogP contribution in [0, 0.1) is 0 Å². The minimum absolute atomic E-state index is 0.139. The maximum Gasteiger partial charge on any atom is 0.280 e. The summed E-state index contributed by atoms with van der Waals surface area (Å²) in [5, 5.41) is 3.42. The van der Waals surface area contributed by atoms with Gasteiger partial charge >= 0.3 is 0 Å². The van der Waals surface area contributed by atoms with Gasteiger partial charge in [0.2, 0.25) is 5.91 Å². The highest BCUT2D eigenvalue weighted by atomic mass is 32.1. The van der Waals surface area contributed by atoms with Gasteiger partial charge in [0.1, 0.15) is 0 Å². The van der Waals surface area contributed by atoms with Crippen LogP contribution in [0.3, 0.4) is 0 Å². The molecule has 0 atom stereocenters. The van der Waals surface area contributed by atoms with Crippen LogP contribution in [-0.2, 0) is 24.3 Å². The third-order valence-electron chi connectivity index (χ3n) is 4.09. The molecule has 1 aromatic heterocycles. The number of hydrogen-bond donors (Lipinski definition) is 1. The second kappa shape index (κ2) is 7.57. The Hall–Kier alpha value is -2.21. The first-order valence-electron chi connectivity index (χ1n) is 8.24. The Morgan fingerprint density at radius 3 is 2.92 bits per heavy atom. The van der Waals surface area contributed by atoms with E-state index < -0.39 is 0 Å². The SMILES string of the molecule is CCc1cnc(C(=O)NCc2cccc(CN3CCCC3=O)c2)s1. The van der Waals surface area contributed by atoms with Gasteiger partial charge in [-0.2, -0.15) is 0 Å². The van der Waals surface area contributed by atoms with Crippen molar-refractivity contribution in [3.63, 3.8) is 0 Å². The van der Waals surface area contributed by atoms with E-state index in [4.69, 9.17) is 0 Å². The number of carbonyl (C=O) groups excluding carboxylic acids is 2. The number of likely N-dealkylation sites (tertiary alicyclic amines) is 1. The number of thiazole rings is 1. The molecule has 0 saturated carbocycles. The van der Waals surface area contributed by atoms with Crippen LogP contribution in [0.25, 0.3) is 0 Å². The summed E-state index contributed by atoms with van der Waals surface area (Å²) in [6.07, 6.45) is 4.25. The van der Waals surface area contributed by atoms with Crippen molar-refractivity contribution < 1.29 is 9.59 Å². The Labute approximate surface area is 145 Å². The van der Waals surface area contributed by atoms with E-state index in [0.29, 0.717) is 24.5 Å². The molecule has 0 unspecified atom stereocenters. The summed E-state index contributed by atoms with van der Waals surface area (Å²) in [6, 6.07) is 8.02. The number of carbonyl (C=O) groups is 2. The highest BCUT2D eigenvalue weighted by molar-refractivity contribution is 7.13. The monoisotopic (exact) mass is 343 g/mol.